The van der Waals surface area contributed by atoms with Gasteiger partial charge in [0.15, 0.2) is 5.79 Å². The van der Waals surface area contributed by atoms with E-state index in [1.807, 2.05) is 0 Å². The molecule has 7 heteroatoms. The molecule has 0 saturated carbocycles. The molecule has 1 amide bonds. The molecule has 0 aromatic carbocycles. The Morgan fingerprint density at radius 2 is 1.88 bits per heavy atom. The number of nitrogens with one attached hydrogen (secondary N) is 1. The van der Waals surface area contributed by atoms with E-state index in [1.54, 1.807) is 12.4 Å². The third kappa shape index (κ3) is 4.02. The van der Waals surface area contributed by atoms with Crippen LogP contribution in [0.25, 0.3) is 0 Å². The summed E-state index contributed by atoms with van der Waals surface area (Å²) >= 11 is 0. The number of nitrogens with zero attached hydrogens (tertiary/aromatic N) is 3. The standard InChI is InChI=1S/C17H26N4O3/c1-2-3-4-7-18-15(22)14-12-19-16(20-13-14)21-8-5-17(6-9-21)23-10-11-24-17/h12-13H,2-11H2,1H3,(H,18,22). The van der Waals surface area contributed by atoms with Crippen LogP contribution < -0.4 is 10.2 Å². The molecule has 2 aliphatic heterocycles. The highest BCUT2D eigenvalue weighted by molar-refractivity contribution is 5.93. The van der Waals surface area contributed by atoms with Gasteiger partial charge < -0.3 is 19.7 Å². The van der Waals surface area contributed by atoms with Gasteiger partial charge in [0.2, 0.25) is 5.95 Å². The number of anilines is 1. The maximum atomic E-state index is 12.0. The van der Waals surface area contributed by atoms with Gasteiger partial charge in [-0.2, -0.15) is 0 Å². The Morgan fingerprint density at radius 3 is 2.50 bits per heavy atom. The van der Waals surface area contributed by atoms with E-state index in [1.165, 1.54) is 0 Å². The topological polar surface area (TPSA) is 76.6 Å². The Bertz CT molecular complexity index is 533. The first-order valence-electron chi connectivity index (χ1n) is 8.85. The summed E-state index contributed by atoms with van der Waals surface area (Å²) in [6, 6.07) is 0. The molecule has 2 aliphatic rings. The lowest BCUT2D eigenvalue weighted by atomic mass is 10.0. The number of hydrogen-bond acceptors (Lipinski definition) is 6. The van der Waals surface area contributed by atoms with Crippen molar-refractivity contribution >= 4 is 11.9 Å². The highest BCUT2D eigenvalue weighted by Gasteiger charge is 2.40. The maximum absolute atomic E-state index is 12.0. The predicted molar refractivity (Wildman–Crippen MR) is 90.0 cm³/mol. The highest BCUT2D eigenvalue weighted by Crippen LogP contribution is 2.32. The Morgan fingerprint density at radius 1 is 1.21 bits per heavy atom. The second-order valence-electron chi connectivity index (χ2n) is 6.33. The van der Waals surface area contributed by atoms with Gasteiger partial charge in [-0.3, -0.25) is 4.79 Å². The van der Waals surface area contributed by atoms with Gasteiger partial charge in [0.05, 0.1) is 18.8 Å². The molecular formula is C17H26N4O3. The van der Waals surface area contributed by atoms with Crippen molar-refractivity contribution in [2.45, 2.75) is 44.8 Å². The van der Waals surface area contributed by atoms with Crippen molar-refractivity contribution in [1.29, 1.82) is 0 Å². The van der Waals surface area contributed by atoms with Crippen LogP contribution in [0.1, 0.15) is 49.4 Å². The van der Waals surface area contributed by atoms with Crippen molar-refractivity contribution in [2.24, 2.45) is 0 Å². The average molecular weight is 334 g/mol. The van der Waals surface area contributed by atoms with Crippen LogP contribution >= 0.6 is 0 Å². The van der Waals surface area contributed by atoms with Crippen LogP contribution in [0.3, 0.4) is 0 Å². The predicted octanol–water partition coefficient (Wildman–Crippen LogP) is 1.74. The number of carbonyl (C=O) groups is 1. The lowest BCUT2D eigenvalue weighted by molar-refractivity contribution is -0.169. The van der Waals surface area contributed by atoms with E-state index in [9.17, 15) is 4.79 Å². The molecule has 0 unspecified atom stereocenters. The normalized spacial score (nSPS) is 19.6. The van der Waals surface area contributed by atoms with Gasteiger partial charge in [-0.1, -0.05) is 19.8 Å². The highest BCUT2D eigenvalue weighted by atomic mass is 16.7. The number of aromatic nitrogens is 2. The van der Waals surface area contributed by atoms with Gasteiger partial charge in [-0.25, -0.2) is 9.97 Å². The molecule has 0 atom stereocenters. The van der Waals surface area contributed by atoms with Crippen LogP contribution in [0.2, 0.25) is 0 Å². The monoisotopic (exact) mass is 334 g/mol. The number of rotatable bonds is 6. The molecule has 0 radical (unpaired) electrons. The lowest BCUT2D eigenvalue weighted by Gasteiger charge is -2.37. The summed E-state index contributed by atoms with van der Waals surface area (Å²) in [5, 5.41) is 2.90. The molecule has 1 aromatic heterocycles. The molecule has 132 valence electrons. The van der Waals surface area contributed by atoms with Crippen LogP contribution in [-0.4, -0.2) is 54.5 Å². The Labute approximate surface area is 142 Å². The minimum Gasteiger partial charge on any atom is -0.352 e. The van der Waals surface area contributed by atoms with Gasteiger partial charge in [0.25, 0.3) is 5.91 Å². The minimum absolute atomic E-state index is 0.108. The summed E-state index contributed by atoms with van der Waals surface area (Å²) in [4.78, 5) is 22.8. The summed E-state index contributed by atoms with van der Waals surface area (Å²) in [5.74, 6) is 0.155. The van der Waals surface area contributed by atoms with E-state index in [0.29, 0.717) is 31.3 Å². The van der Waals surface area contributed by atoms with Crippen LogP contribution in [0, 0.1) is 0 Å². The summed E-state index contributed by atoms with van der Waals surface area (Å²) in [6.07, 6.45) is 8.10. The Hall–Kier alpha value is -1.73. The van der Waals surface area contributed by atoms with Crippen molar-refractivity contribution in [1.82, 2.24) is 15.3 Å². The number of unbranched alkanes of at least 4 members (excludes halogenated alkanes) is 2. The van der Waals surface area contributed by atoms with Crippen LogP contribution in [-0.2, 0) is 9.47 Å². The van der Waals surface area contributed by atoms with Crippen molar-refractivity contribution in [3.63, 3.8) is 0 Å². The minimum atomic E-state index is -0.394. The van der Waals surface area contributed by atoms with E-state index in [4.69, 9.17) is 9.47 Å². The number of amides is 1. The van der Waals surface area contributed by atoms with Crippen LogP contribution in [0.15, 0.2) is 12.4 Å². The summed E-state index contributed by atoms with van der Waals surface area (Å²) < 4.78 is 11.5. The smallest absolute Gasteiger partial charge is 0.254 e. The zero-order chi connectivity index (χ0) is 16.8. The number of ether oxygens (including phenoxy) is 2. The largest absolute Gasteiger partial charge is 0.352 e. The zero-order valence-corrected chi connectivity index (χ0v) is 14.3. The van der Waals surface area contributed by atoms with Gasteiger partial charge >= 0.3 is 0 Å². The van der Waals surface area contributed by atoms with Crippen molar-refractivity contribution in [3.8, 4) is 0 Å². The summed E-state index contributed by atoms with van der Waals surface area (Å²) in [5.41, 5.74) is 0.506. The second-order valence-corrected chi connectivity index (χ2v) is 6.33. The molecule has 2 fully saturated rings. The van der Waals surface area contributed by atoms with Crippen molar-refractivity contribution in [3.05, 3.63) is 18.0 Å². The van der Waals surface area contributed by atoms with E-state index in [2.05, 4.69) is 27.1 Å². The lowest BCUT2D eigenvalue weighted by Crippen LogP contribution is -2.45. The molecule has 1 N–H and O–H groups in total. The van der Waals surface area contributed by atoms with Gasteiger partial charge in [-0.05, 0) is 6.42 Å². The molecule has 2 saturated heterocycles. The number of carbonyl (C=O) groups excluding carboxylic acids is 1. The molecule has 3 rings (SSSR count). The van der Waals surface area contributed by atoms with Gasteiger partial charge in [-0.15, -0.1) is 0 Å². The van der Waals surface area contributed by atoms with Crippen LogP contribution in [0.4, 0.5) is 5.95 Å². The molecule has 1 aromatic rings. The van der Waals surface area contributed by atoms with E-state index < -0.39 is 5.79 Å². The third-order valence-corrected chi connectivity index (χ3v) is 4.59. The number of piperidine rings is 1. The second kappa shape index (κ2) is 7.90. The van der Waals surface area contributed by atoms with Gasteiger partial charge in [0.1, 0.15) is 0 Å². The average Bonchev–Trinajstić information content (AvgIpc) is 3.07. The fourth-order valence-electron chi connectivity index (χ4n) is 3.11. The first-order chi connectivity index (χ1) is 11.7. The van der Waals surface area contributed by atoms with Gasteiger partial charge in [0, 0.05) is 44.9 Å². The zero-order valence-electron chi connectivity index (χ0n) is 14.3. The molecule has 24 heavy (non-hydrogen) atoms. The summed E-state index contributed by atoms with van der Waals surface area (Å²) in [6.45, 7) is 5.78. The fourth-order valence-corrected chi connectivity index (χ4v) is 3.11. The Kier molecular flexibility index (Phi) is 5.63. The van der Waals surface area contributed by atoms with Crippen molar-refractivity contribution < 1.29 is 14.3 Å². The van der Waals surface area contributed by atoms with E-state index >= 15 is 0 Å². The molecular weight excluding hydrogens is 308 g/mol. The molecule has 0 bridgehead atoms. The Balaban J connectivity index is 1.50. The van der Waals surface area contributed by atoms with E-state index in [-0.39, 0.29) is 5.91 Å². The maximum Gasteiger partial charge on any atom is 0.254 e. The summed E-state index contributed by atoms with van der Waals surface area (Å²) in [7, 11) is 0. The number of hydrogen-bond donors (Lipinski definition) is 1. The quantitative estimate of drug-likeness (QED) is 0.799. The first kappa shape index (κ1) is 17.1. The molecule has 7 nitrogen and oxygen atoms in total. The van der Waals surface area contributed by atoms with Crippen LogP contribution in [0.5, 0.6) is 0 Å². The van der Waals surface area contributed by atoms with Crippen molar-refractivity contribution in [2.75, 3.05) is 37.7 Å². The molecule has 3 heterocycles. The molecule has 0 aliphatic carbocycles. The first-order valence-corrected chi connectivity index (χ1v) is 8.85. The SMILES string of the molecule is CCCCCNC(=O)c1cnc(N2CCC3(CC2)OCCO3)nc1. The molecule has 1 spiro atoms. The fraction of sp³-hybridized carbons (Fsp3) is 0.706. The van der Waals surface area contributed by atoms with E-state index in [0.717, 1.165) is 45.2 Å². The third-order valence-electron chi connectivity index (χ3n) is 4.59.